The Hall–Kier alpha value is -3.34. The van der Waals surface area contributed by atoms with Gasteiger partial charge in [-0.2, -0.15) is 0 Å². The fourth-order valence-electron chi connectivity index (χ4n) is 2.84. The Bertz CT molecular complexity index is 964. The van der Waals surface area contributed by atoms with Crippen molar-refractivity contribution < 1.29 is 18.9 Å². The topological polar surface area (TPSA) is 73.7 Å². The highest BCUT2D eigenvalue weighted by atomic mass is 16.5. The highest BCUT2D eigenvalue weighted by Gasteiger charge is 2.15. The van der Waals surface area contributed by atoms with Gasteiger partial charge in [0.2, 0.25) is 0 Å². The lowest BCUT2D eigenvalue weighted by Crippen LogP contribution is -2.17. The molecule has 0 bridgehead atoms. The third-order valence-electron chi connectivity index (χ3n) is 4.37. The lowest BCUT2D eigenvalue weighted by molar-refractivity contribution is 0.106. The van der Waals surface area contributed by atoms with Crippen LogP contribution >= 0.6 is 0 Å². The van der Waals surface area contributed by atoms with Gasteiger partial charge in [0.1, 0.15) is 25.4 Å². The molecule has 0 fully saturated rings. The highest BCUT2D eigenvalue weighted by molar-refractivity contribution is 6.12. The van der Waals surface area contributed by atoms with Gasteiger partial charge in [0.25, 0.3) is 0 Å². The number of ether oxygens (including phenoxy) is 4. The van der Waals surface area contributed by atoms with Crippen LogP contribution in [0.3, 0.4) is 0 Å². The smallest absolute Gasteiger partial charge is 0.162 e. The number of aliphatic imine (C=N–C) groups is 2. The molecular formula is C25H31N3O4. The minimum Gasteiger partial charge on any atom is -0.487 e. The molecule has 0 spiro atoms. The van der Waals surface area contributed by atoms with Crippen LogP contribution in [0.25, 0.3) is 0 Å². The fourth-order valence-corrected chi connectivity index (χ4v) is 2.84. The van der Waals surface area contributed by atoms with Crippen LogP contribution in [0, 0.1) is 19.3 Å². The van der Waals surface area contributed by atoms with E-state index in [0.717, 1.165) is 22.4 Å². The summed E-state index contributed by atoms with van der Waals surface area (Å²) in [5, 5.41) is 3.34. The number of hydrogen-bond acceptors (Lipinski definition) is 5. The number of terminal acetylenes is 1. The van der Waals surface area contributed by atoms with Crippen LogP contribution in [-0.2, 0) is 9.47 Å². The first kappa shape index (κ1) is 24.9. The van der Waals surface area contributed by atoms with E-state index in [-0.39, 0.29) is 0 Å². The Morgan fingerprint density at radius 3 is 2.53 bits per heavy atom. The number of methoxy groups -OCH3 is 1. The Balaban J connectivity index is 2.40. The van der Waals surface area contributed by atoms with Crippen LogP contribution in [0.2, 0.25) is 0 Å². The first-order chi connectivity index (χ1) is 15.6. The van der Waals surface area contributed by atoms with Crippen LogP contribution in [0.5, 0.6) is 11.5 Å². The van der Waals surface area contributed by atoms with Crippen LogP contribution in [0.1, 0.15) is 23.6 Å². The zero-order valence-corrected chi connectivity index (χ0v) is 19.2. The first-order valence-electron chi connectivity index (χ1n) is 10.4. The predicted octanol–water partition coefficient (Wildman–Crippen LogP) is 3.93. The van der Waals surface area contributed by atoms with Gasteiger partial charge in [-0.15, -0.1) is 6.42 Å². The van der Waals surface area contributed by atoms with Crippen molar-refractivity contribution in [3.63, 3.8) is 0 Å². The van der Waals surface area contributed by atoms with Crippen LogP contribution in [0.15, 0.2) is 46.4 Å². The van der Waals surface area contributed by atoms with E-state index in [0.29, 0.717) is 50.4 Å². The van der Waals surface area contributed by atoms with E-state index in [1.54, 1.807) is 14.2 Å². The van der Waals surface area contributed by atoms with Crippen molar-refractivity contribution in [2.75, 3.05) is 52.5 Å². The second-order valence-electron chi connectivity index (χ2n) is 6.70. The number of aryl methyl sites for hydroxylation is 1. The predicted molar refractivity (Wildman–Crippen MR) is 129 cm³/mol. The second-order valence-corrected chi connectivity index (χ2v) is 6.70. The van der Waals surface area contributed by atoms with Crippen molar-refractivity contribution in [3.8, 4) is 23.8 Å². The molecule has 0 amide bonds. The average molecular weight is 438 g/mol. The maximum atomic E-state index is 5.94. The molecule has 0 unspecified atom stereocenters. The summed E-state index contributed by atoms with van der Waals surface area (Å²) in [4.78, 5) is 8.49. The molecule has 0 radical (unpaired) electrons. The Morgan fingerprint density at radius 2 is 1.84 bits per heavy atom. The molecular weight excluding hydrogens is 406 g/mol. The molecule has 0 aromatic heterocycles. The summed E-state index contributed by atoms with van der Waals surface area (Å²) in [5.74, 6) is 4.49. The third-order valence-corrected chi connectivity index (χ3v) is 4.37. The maximum absolute atomic E-state index is 5.94. The molecule has 1 N–H and O–H groups in total. The zero-order valence-electron chi connectivity index (χ0n) is 19.2. The van der Waals surface area contributed by atoms with Crippen LogP contribution < -0.4 is 14.8 Å². The number of nitrogens with one attached hydrogen (secondary N) is 1. The molecule has 0 saturated heterocycles. The van der Waals surface area contributed by atoms with E-state index in [2.05, 4.69) is 21.2 Å². The third kappa shape index (κ3) is 7.73. The van der Waals surface area contributed by atoms with E-state index in [4.69, 9.17) is 25.4 Å². The molecule has 170 valence electrons. The zero-order chi connectivity index (χ0) is 23.2. The normalized spacial score (nSPS) is 11.4. The molecule has 2 aromatic rings. The molecule has 0 aliphatic heterocycles. The molecule has 2 aromatic carbocycles. The lowest BCUT2D eigenvalue weighted by atomic mass is 10.1. The van der Waals surface area contributed by atoms with Gasteiger partial charge < -0.3 is 24.3 Å². The van der Waals surface area contributed by atoms with Crippen molar-refractivity contribution in [3.05, 3.63) is 53.1 Å². The number of amidine groups is 1. The second kappa shape index (κ2) is 13.9. The van der Waals surface area contributed by atoms with Crippen molar-refractivity contribution >= 4 is 17.9 Å². The number of rotatable bonds is 12. The lowest BCUT2D eigenvalue weighted by Gasteiger charge is -2.18. The number of benzene rings is 2. The molecule has 32 heavy (non-hydrogen) atoms. The summed E-state index contributed by atoms with van der Waals surface area (Å²) in [6.45, 7) is 6.36. The van der Waals surface area contributed by atoms with Gasteiger partial charge in [0.15, 0.2) is 11.5 Å². The molecule has 0 aliphatic carbocycles. The van der Waals surface area contributed by atoms with Gasteiger partial charge in [0, 0.05) is 37.6 Å². The quantitative estimate of drug-likeness (QED) is 0.236. The summed E-state index contributed by atoms with van der Waals surface area (Å²) >= 11 is 0. The fraction of sp³-hybridized carbons (Fsp3) is 0.360. The van der Waals surface area contributed by atoms with Gasteiger partial charge in [-0.25, -0.2) is 4.99 Å². The van der Waals surface area contributed by atoms with Gasteiger partial charge in [0.05, 0.1) is 13.2 Å². The standard InChI is InChI=1S/C25H31N3O4/c1-6-20-9-8-10-21(16-20)28-25(27-18-26-4)22-17-24(31-13-11-29-5)23(15-19(22)3)32-14-12-30-7-2/h1,8-10,15-18H,7,11-14H2,2-5H3,(H,26,27,28). The minimum absolute atomic E-state index is 0.390. The Morgan fingerprint density at radius 1 is 1.09 bits per heavy atom. The number of anilines is 1. The van der Waals surface area contributed by atoms with E-state index >= 15 is 0 Å². The molecule has 0 atom stereocenters. The molecule has 0 aliphatic rings. The van der Waals surface area contributed by atoms with Crippen molar-refractivity contribution in [1.82, 2.24) is 0 Å². The van der Waals surface area contributed by atoms with E-state index in [1.807, 2.05) is 50.2 Å². The van der Waals surface area contributed by atoms with Gasteiger partial charge in [-0.3, -0.25) is 4.99 Å². The first-order valence-corrected chi connectivity index (χ1v) is 10.4. The van der Waals surface area contributed by atoms with Crippen LogP contribution in [0.4, 0.5) is 5.69 Å². The average Bonchev–Trinajstić information content (AvgIpc) is 2.81. The van der Waals surface area contributed by atoms with Gasteiger partial charge in [-0.1, -0.05) is 12.0 Å². The molecule has 0 heterocycles. The Kier molecular flexibility index (Phi) is 10.8. The van der Waals surface area contributed by atoms with Gasteiger partial charge in [-0.05, 0) is 49.7 Å². The molecule has 7 heteroatoms. The van der Waals surface area contributed by atoms with E-state index in [9.17, 15) is 0 Å². The number of nitrogens with zero attached hydrogens (tertiary/aromatic N) is 2. The summed E-state index contributed by atoms with van der Waals surface area (Å²) in [5.41, 5.74) is 3.40. The monoisotopic (exact) mass is 437 g/mol. The molecule has 0 saturated carbocycles. The van der Waals surface area contributed by atoms with Gasteiger partial charge >= 0.3 is 0 Å². The van der Waals surface area contributed by atoms with Crippen LogP contribution in [-0.4, -0.2) is 59.4 Å². The van der Waals surface area contributed by atoms with E-state index < -0.39 is 0 Å². The molecule has 2 rings (SSSR count). The minimum atomic E-state index is 0.390. The summed E-state index contributed by atoms with van der Waals surface area (Å²) in [6, 6.07) is 11.4. The summed E-state index contributed by atoms with van der Waals surface area (Å²) in [7, 11) is 3.30. The Labute approximate surface area is 190 Å². The van der Waals surface area contributed by atoms with E-state index in [1.165, 1.54) is 6.34 Å². The SMILES string of the molecule is C#Cc1cccc(NC(=NC=NC)c2cc(OCCOC)c(OCCOCC)cc2C)c1. The summed E-state index contributed by atoms with van der Waals surface area (Å²) < 4.78 is 22.3. The highest BCUT2D eigenvalue weighted by Crippen LogP contribution is 2.32. The van der Waals surface area contributed by atoms with Crippen molar-refractivity contribution in [2.45, 2.75) is 13.8 Å². The maximum Gasteiger partial charge on any atom is 0.162 e. The largest absolute Gasteiger partial charge is 0.487 e. The summed E-state index contributed by atoms with van der Waals surface area (Å²) in [6.07, 6.45) is 7.03. The molecule has 7 nitrogen and oxygen atoms in total. The number of hydrogen-bond donors (Lipinski definition) is 1. The van der Waals surface area contributed by atoms with Crippen molar-refractivity contribution in [1.29, 1.82) is 0 Å². The van der Waals surface area contributed by atoms with Crippen molar-refractivity contribution in [2.24, 2.45) is 9.98 Å².